The molecule has 0 radical (unpaired) electrons. The molecule has 3 saturated carbocycles. The van der Waals surface area contributed by atoms with Crippen LogP contribution in [0, 0.1) is 39.9 Å². The number of hydrogen-bond acceptors (Lipinski definition) is 9. The maximum Gasteiger partial charge on any atom is 0.303 e. The predicted molar refractivity (Wildman–Crippen MR) is 168 cm³/mol. The van der Waals surface area contributed by atoms with Gasteiger partial charge in [0.2, 0.25) is 0 Å². The molecule has 10 nitrogen and oxygen atoms in total. The van der Waals surface area contributed by atoms with E-state index in [0.29, 0.717) is 19.3 Å². The van der Waals surface area contributed by atoms with Gasteiger partial charge < -0.3 is 35.0 Å². The summed E-state index contributed by atoms with van der Waals surface area (Å²) < 4.78 is 12.4. The summed E-state index contributed by atoms with van der Waals surface area (Å²) in [5, 5.41) is 62.2. The molecular weight excluding hydrogens is 580 g/mol. The molecule has 4 aliphatic rings. The van der Waals surface area contributed by atoms with E-state index < -0.39 is 54.5 Å². The maximum atomic E-state index is 12.2. The standard InChI is InChI=1S/C35H58O10/c1-20(2)21-10-16-33(6)25(32(21,5)15-12-26(38)39)18-23(37)27-22(11-17-34(27,33)7)35(8,14-9-13-31(3,4)45-42)44-30-29(41)28(40)24(19-36)43-30/h9,13,21-25,27-30,36-37,40-42H,1,10-12,14-19H2,2-8H3,(H,38,39)/b13-9+/t21-,22-,23+,24-,25?,27-,28-,29+,30-,32-,33+,34+,35-/m0/s1. The molecule has 13 atom stereocenters. The van der Waals surface area contributed by atoms with Gasteiger partial charge in [0.05, 0.1) is 18.3 Å². The fraction of sp³-hybridized carbons (Fsp3) is 0.857. The van der Waals surface area contributed by atoms with Crippen molar-refractivity contribution in [1.82, 2.24) is 0 Å². The molecule has 0 aromatic heterocycles. The van der Waals surface area contributed by atoms with E-state index in [-0.39, 0.29) is 46.3 Å². The van der Waals surface area contributed by atoms with E-state index in [1.54, 1.807) is 19.9 Å². The molecule has 3 aliphatic carbocycles. The van der Waals surface area contributed by atoms with Crippen molar-refractivity contribution in [2.24, 2.45) is 39.9 Å². The number of aliphatic carboxylic acids is 1. The van der Waals surface area contributed by atoms with Gasteiger partial charge in [0.25, 0.3) is 0 Å². The molecule has 0 spiro atoms. The van der Waals surface area contributed by atoms with Crippen molar-refractivity contribution < 1.29 is 49.9 Å². The molecule has 1 heterocycles. The SMILES string of the molecule is C=C(C)[C@@H]1CC[C@]2(C)C(C[C@@H](O)[C@@H]3[C@@H]([C@](C)(C/C=C/C(C)(C)OO)O[C@@H]4O[C@@H](CO)[C@H](O)[C@H]4O)CC[C@]32C)[C@@]1(C)CCC(=O)O. The first-order valence-electron chi connectivity index (χ1n) is 16.7. The molecular formula is C35H58O10. The Bertz CT molecular complexity index is 1120. The van der Waals surface area contributed by atoms with E-state index in [1.807, 2.05) is 19.9 Å². The van der Waals surface area contributed by atoms with Crippen molar-refractivity contribution in [2.45, 2.75) is 142 Å². The van der Waals surface area contributed by atoms with Crippen LogP contribution in [0.25, 0.3) is 0 Å². The number of aliphatic hydroxyl groups excluding tert-OH is 4. The second-order valence-corrected chi connectivity index (χ2v) is 16.1. The van der Waals surface area contributed by atoms with E-state index in [2.05, 4.69) is 32.2 Å². The van der Waals surface area contributed by atoms with Crippen LogP contribution in [0.15, 0.2) is 24.3 Å². The Morgan fingerprint density at radius 2 is 1.71 bits per heavy atom. The highest BCUT2D eigenvalue weighted by atomic mass is 17.1. The molecule has 1 saturated heterocycles. The average molecular weight is 639 g/mol. The number of aliphatic hydroxyl groups is 4. The molecule has 0 amide bonds. The summed E-state index contributed by atoms with van der Waals surface area (Å²) >= 11 is 0. The largest absolute Gasteiger partial charge is 0.481 e. The van der Waals surface area contributed by atoms with Crippen LogP contribution in [0.2, 0.25) is 0 Å². The molecule has 6 N–H and O–H groups in total. The normalized spacial score (nSPS) is 44.8. The highest BCUT2D eigenvalue weighted by Crippen LogP contribution is 2.74. The molecule has 45 heavy (non-hydrogen) atoms. The molecule has 10 heteroatoms. The van der Waals surface area contributed by atoms with Crippen molar-refractivity contribution in [1.29, 1.82) is 0 Å². The molecule has 4 rings (SSSR count). The van der Waals surface area contributed by atoms with Crippen molar-refractivity contribution in [2.75, 3.05) is 6.61 Å². The number of ether oxygens (including phenoxy) is 2. The first-order valence-corrected chi connectivity index (χ1v) is 16.7. The van der Waals surface area contributed by atoms with Gasteiger partial charge in [0.1, 0.15) is 23.9 Å². The lowest BCUT2D eigenvalue weighted by Crippen LogP contribution is -2.64. The van der Waals surface area contributed by atoms with Crippen LogP contribution in [0.5, 0.6) is 0 Å². The van der Waals surface area contributed by atoms with Crippen molar-refractivity contribution >= 4 is 5.97 Å². The number of carboxylic acid groups (broad SMARTS) is 1. The smallest absolute Gasteiger partial charge is 0.303 e. The predicted octanol–water partition coefficient (Wildman–Crippen LogP) is 4.69. The summed E-state index contributed by atoms with van der Waals surface area (Å²) in [5.41, 5.74) is -1.66. The fourth-order valence-electron chi connectivity index (χ4n) is 10.5. The third-order valence-corrected chi connectivity index (χ3v) is 13.1. The lowest BCUT2D eigenvalue weighted by molar-refractivity contribution is -0.297. The fourth-order valence-corrected chi connectivity index (χ4v) is 10.5. The minimum absolute atomic E-state index is 0.0717. The van der Waals surface area contributed by atoms with Gasteiger partial charge in [-0.3, -0.25) is 10.1 Å². The monoisotopic (exact) mass is 638 g/mol. The maximum absolute atomic E-state index is 12.2. The Kier molecular flexibility index (Phi) is 10.5. The van der Waals surface area contributed by atoms with Crippen LogP contribution >= 0.6 is 0 Å². The first kappa shape index (κ1) is 36.5. The summed E-state index contributed by atoms with van der Waals surface area (Å²) in [4.78, 5) is 16.4. The van der Waals surface area contributed by atoms with Crippen molar-refractivity contribution in [3.63, 3.8) is 0 Å². The molecule has 0 aromatic carbocycles. The van der Waals surface area contributed by atoms with Crippen LogP contribution in [0.3, 0.4) is 0 Å². The number of allylic oxidation sites excluding steroid dienone is 1. The second kappa shape index (κ2) is 12.9. The van der Waals surface area contributed by atoms with Gasteiger partial charge in [-0.1, -0.05) is 45.1 Å². The lowest BCUT2D eigenvalue weighted by atomic mass is 9.37. The number of rotatable bonds is 12. The molecule has 0 bridgehead atoms. The minimum atomic E-state index is -1.36. The third-order valence-electron chi connectivity index (χ3n) is 13.1. The molecule has 258 valence electrons. The average Bonchev–Trinajstić information content (AvgIpc) is 3.47. The first-order chi connectivity index (χ1) is 20.8. The summed E-state index contributed by atoms with van der Waals surface area (Å²) in [6.07, 6.45) is 3.03. The van der Waals surface area contributed by atoms with Crippen LogP contribution in [0.1, 0.15) is 99.8 Å². The van der Waals surface area contributed by atoms with Gasteiger partial charge in [-0.15, -0.1) is 0 Å². The van der Waals surface area contributed by atoms with Gasteiger partial charge in [-0.05, 0) is 113 Å². The highest BCUT2D eigenvalue weighted by molar-refractivity contribution is 5.66. The Morgan fingerprint density at radius 3 is 2.27 bits per heavy atom. The summed E-state index contributed by atoms with van der Waals surface area (Å²) in [6.45, 7) is 18.1. The van der Waals surface area contributed by atoms with Crippen LogP contribution in [-0.2, 0) is 19.2 Å². The van der Waals surface area contributed by atoms with Crippen LogP contribution in [0.4, 0.5) is 0 Å². The van der Waals surface area contributed by atoms with Gasteiger partial charge in [0.15, 0.2) is 6.29 Å². The van der Waals surface area contributed by atoms with E-state index in [0.717, 1.165) is 31.3 Å². The second-order valence-electron chi connectivity index (χ2n) is 16.1. The van der Waals surface area contributed by atoms with Crippen molar-refractivity contribution in [3.05, 3.63) is 24.3 Å². The number of carboxylic acids is 1. The lowest BCUT2D eigenvalue weighted by Gasteiger charge is -2.67. The summed E-state index contributed by atoms with van der Waals surface area (Å²) in [7, 11) is 0. The number of carbonyl (C=O) groups is 1. The van der Waals surface area contributed by atoms with Gasteiger partial charge in [-0.2, -0.15) is 0 Å². The van der Waals surface area contributed by atoms with E-state index in [9.17, 15) is 35.6 Å². The highest BCUT2D eigenvalue weighted by Gasteiger charge is 2.70. The Balaban J connectivity index is 1.73. The van der Waals surface area contributed by atoms with Crippen LogP contribution in [-0.4, -0.2) is 85.3 Å². The van der Waals surface area contributed by atoms with Gasteiger partial charge in [-0.25, -0.2) is 4.89 Å². The summed E-state index contributed by atoms with van der Waals surface area (Å²) in [5.74, 6) is -0.886. The van der Waals surface area contributed by atoms with Gasteiger partial charge in [0, 0.05) is 6.42 Å². The zero-order chi connectivity index (χ0) is 33.8. The van der Waals surface area contributed by atoms with Crippen molar-refractivity contribution in [3.8, 4) is 0 Å². The Labute approximate surface area is 268 Å². The van der Waals surface area contributed by atoms with E-state index in [1.165, 1.54) is 0 Å². The zero-order valence-corrected chi connectivity index (χ0v) is 28.2. The van der Waals surface area contributed by atoms with E-state index >= 15 is 0 Å². The minimum Gasteiger partial charge on any atom is -0.481 e. The molecule has 0 aromatic rings. The Morgan fingerprint density at radius 1 is 1.07 bits per heavy atom. The third kappa shape index (κ3) is 6.31. The summed E-state index contributed by atoms with van der Waals surface area (Å²) in [6, 6.07) is 0. The number of fused-ring (bicyclic) bond motifs is 3. The molecule has 4 fully saturated rings. The topological polar surface area (TPSA) is 166 Å². The van der Waals surface area contributed by atoms with Gasteiger partial charge >= 0.3 is 5.97 Å². The zero-order valence-electron chi connectivity index (χ0n) is 28.2. The number of hydrogen-bond donors (Lipinski definition) is 6. The van der Waals surface area contributed by atoms with E-state index in [4.69, 9.17) is 9.47 Å². The molecule has 1 aliphatic heterocycles. The van der Waals surface area contributed by atoms with Crippen LogP contribution < -0.4 is 0 Å². The molecule has 1 unspecified atom stereocenters. The quantitative estimate of drug-likeness (QED) is 0.100. The Hall–Kier alpha value is -1.37.